The first-order valence-corrected chi connectivity index (χ1v) is 5.37. The zero-order valence-corrected chi connectivity index (χ0v) is 9.03. The third-order valence-electron chi connectivity index (χ3n) is 1.80. The number of hydrogen-bond acceptors (Lipinski definition) is 3. The van der Waals surface area contributed by atoms with Crippen LogP contribution in [0.5, 0.6) is 0 Å². The molecular formula is C10H16N2S. The molecule has 2 nitrogen and oxygen atoms in total. The van der Waals surface area contributed by atoms with Crippen molar-refractivity contribution in [2.45, 2.75) is 26.3 Å². The molecule has 0 saturated carbocycles. The van der Waals surface area contributed by atoms with Crippen LogP contribution < -0.4 is 5.32 Å². The molecule has 1 atom stereocenters. The smallest absolute Gasteiger partial charge is 0.0897 e. The van der Waals surface area contributed by atoms with Crippen molar-refractivity contribution in [1.82, 2.24) is 10.3 Å². The molecular weight excluding hydrogens is 180 g/mol. The predicted octanol–water partition coefficient (Wildman–Crippen LogP) is 2.68. The quantitative estimate of drug-likeness (QED) is 0.732. The lowest BCUT2D eigenvalue weighted by Crippen LogP contribution is -2.19. The van der Waals surface area contributed by atoms with E-state index in [0.717, 1.165) is 18.0 Å². The average molecular weight is 196 g/mol. The fourth-order valence-electron chi connectivity index (χ4n) is 1.12. The van der Waals surface area contributed by atoms with Crippen LogP contribution in [0.25, 0.3) is 0 Å². The van der Waals surface area contributed by atoms with Gasteiger partial charge in [-0.3, -0.25) is 0 Å². The lowest BCUT2D eigenvalue weighted by atomic mass is 10.2. The summed E-state index contributed by atoms with van der Waals surface area (Å²) in [6.07, 6.45) is 5.00. The summed E-state index contributed by atoms with van der Waals surface area (Å²) in [6, 6.07) is 0.270. The van der Waals surface area contributed by atoms with Gasteiger partial charge in [0.15, 0.2) is 0 Å². The van der Waals surface area contributed by atoms with Crippen molar-refractivity contribution in [3.8, 4) is 0 Å². The van der Waals surface area contributed by atoms with E-state index >= 15 is 0 Å². The van der Waals surface area contributed by atoms with Crippen molar-refractivity contribution < 1.29 is 0 Å². The summed E-state index contributed by atoms with van der Waals surface area (Å²) in [5, 5.41) is 4.51. The van der Waals surface area contributed by atoms with Crippen molar-refractivity contribution in [3.05, 3.63) is 28.7 Å². The van der Waals surface area contributed by atoms with Gasteiger partial charge in [-0.25, -0.2) is 4.98 Å². The van der Waals surface area contributed by atoms with Crippen molar-refractivity contribution in [1.29, 1.82) is 0 Å². The Hall–Kier alpha value is -0.670. The largest absolute Gasteiger partial charge is 0.306 e. The van der Waals surface area contributed by atoms with E-state index in [-0.39, 0.29) is 6.04 Å². The van der Waals surface area contributed by atoms with Crippen LogP contribution in [0.2, 0.25) is 0 Å². The maximum atomic E-state index is 4.22. The molecule has 0 fully saturated rings. The number of aryl methyl sites for hydroxylation is 1. The standard InChI is InChI=1S/C10H16N2S/c1-4-6-11-9(5-2)10-7-12-8(3)13-10/h5,7,9,11H,2,4,6H2,1,3H3. The van der Waals surface area contributed by atoms with E-state index < -0.39 is 0 Å². The van der Waals surface area contributed by atoms with Gasteiger partial charge < -0.3 is 5.32 Å². The van der Waals surface area contributed by atoms with Gasteiger partial charge in [-0.2, -0.15) is 0 Å². The molecule has 0 bridgehead atoms. The number of rotatable bonds is 5. The molecule has 1 aromatic rings. The minimum Gasteiger partial charge on any atom is -0.306 e. The zero-order chi connectivity index (χ0) is 9.68. The second kappa shape index (κ2) is 5.14. The van der Waals surface area contributed by atoms with Crippen LogP contribution in [-0.2, 0) is 0 Å². The van der Waals surface area contributed by atoms with Crippen molar-refractivity contribution in [2.24, 2.45) is 0 Å². The Morgan fingerprint density at radius 2 is 2.54 bits per heavy atom. The van der Waals surface area contributed by atoms with E-state index in [1.807, 2.05) is 19.2 Å². The lowest BCUT2D eigenvalue weighted by molar-refractivity contribution is 0.620. The average Bonchev–Trinajstić information content (AvgIpc) is 2.54. The summed E-state index contributed by atoms with van der Waals surface area (Å²) in [7, 11) is 0. The molecule has 0 spiro atoms. The number of thiazole rings is 1. The van der Waals surface area contributed by atoms with Crippen LogP contribution in [0.3, 0.4) is 0 Å². The van der Waals surface area contributed by atoms with Crippen molar-refractivity contribution in [2.75, 3.05) is 6.54 Å². The van der Waals surface area contributed by atoms with Crippen LogP contribution in [0.15, 0.2) is 18.9 Å². The third-order valence-corrected chi connectivity index (χ3v) is 2.79. The summed E-state index contributed by atoms with van der Waals surface area (Å²) in [5.41, 5.74) is 0. The Kier molecular flexibility index (Phi) is 4.12. The first-order valence-electron chi connectivity index (χ1n) is 4.56. The fourth-order valence-corrected chi connectivity index (χ4v) is 1.98. The summed E-state index contributed by atoms with van der Waals surface area (Å²) >= 11 is 1.73. The highest BCUT2D eigenvalue weighted by molar-refractivity contribution is 7.11. The van der Waals surface area contributed by atoms with Crippen LogP contribution in [0, 0.1) is 6.92 Å². The molecule has 1 rings (SSSR count). The molecule has 0 radical (unpaired) electrons. The monoisotopic (exact) mass is 196 g/mol. The van der Waals surface area contributed by atoms with E-state index in [0.29, 0.717) is 0 Å². The topological polar surface area (TPSA) is 24.9 Å². The van der Waals surface area contributed by atoms with Gasteiger partial charge in [0.05, 0.1) is 11.0 Å². The summed E-state index contributed by atoms with van der Waals surface area (Å²) < 4.78 is 0. The maximum absolute atomic E-state index is 4.22. The highest BCUT2D eigenvalue weighted by atomic mass is 32.1. The molecule has 0 saturated heterocycles. The van der Waals surface area contributed by atoms with Crippen LogP contribution in [-0.4, -0.2) is 11.5 Å². The Morgan fingerprint density at radius 3 is 3.00 bits per heavy atom. The SMILES string of the molecule is C=CC(NCCC)c1cnc(C)s1. The molecule has 3 heteroatoms. The molecule has 1 aromatic heterocycles. The molecule has 1 heterocycles. The molecule has 1 N–H and O–H groups in total. The molecule has 0 aliphatic rings. The lowest BCUT2D eigenvalue weighted by Gasteiger charge is -2.10. The van der Waals surface area contributed by atoms with Crippen molar-refractivity contribution in [3.63, 3.8) is 0 Å². The first-order chi connectivity index (χ1) is 6.27. The minimum absolute atomic E-state index is 0.270. The van der Waals surface area contributed by atoms with Gasteiger partial charge in [-0.05, 0) is 19.9 Å². The molecule has 13 heavy (non-hydrogen) atoms. The molecule has 0 amide bonds. The molecule has 0 aromatic carbocycles. The first kappa shape index (κ1) is 10.4. The van der Waals surface area contributed by atoms with E-state index in [4.69, 9.17) is 0 Å². The van der Waals surface area contributed by atoms with E-state index in [9.17, 15) is 0 Å². The van der Waals surface area contributed by atoms with E-state index in [1.165, 1.54) is 4.88 Å². The van der Waals surface area contributed by atoms with Gasteiger partial charge in [0.2, 0.25) is 0 Å². The second-order valence-electron chi connectivity index (χ2n) is 2.95. The summed E-state index contributed by atoms with van der Waals surface area (Å²) in [6.45, 7) is 9.02. The molecule has 1 unspecified atom stereocenters. The summed E-state index contributed by atoms with van der Waals surface area (Å²) in [5.74, 6) is 0. The van der Waals surface area contributed by atoms with Crippen LogP contribution in [0.4, 0.5) is 0 Å². The Bertz CT molecular complexity index is 268. The number of nitrogens with one attached hydrogen (secondary N) is 1. The number of nitrogens with zero attached hydrogens (tertiary/aromatic N) is 1. The third kappa shape index (κ3) is 2.94. The van der Waals surface area contributed by atoms with Crippen molar-refractivity contribution >= 4 is 11.3 Å². The van der Waals surface area contributed by atoms with Gasteiger partial charge in [0.1, 0.15) is 0 Å². The van der Waals surface area contributed by atoms with Crippen LogP contribution >= 0.6 is 11.3 Å². The minimum atomic E-state index is 0.270. The normalized spacial score (nSPS) is 12.8. The Morgan fingerprint density at radius 1 is 1.77 bits per heavy atom. The number of aromatic nitrogens is 1. The Balaban J connectivity index is 2.61. The van der Waals surface area contributed by atoms with E-state index in [2.05, 4.69) is 23.8 Å². The van der Waals surface area contributed by atoms with Gasteiger partial charge in [-0.15, -0.1) is 17.9 Å². The number of hydrogen-bond donors (Lipinski definition) is 1. The van der Waals surface area contributed by atoms with Gasteiger partial charge >= 0.3 is 0 Å². The summed E-state index contributed by atoms with van der Waals surface area (Å²) in [4.78, 5) is 5.48. The highest BCUT2D eigenvalue weighted by Gasteiger charge is 2.08. The van der Waals surface area contributed by atoms with Crippen LogP contribution in [0.1, 0.15) is 29.3 Å². The van der Waals surface area contributed by atoms with Gasteiger partial charge in [-0.1, -0.05) is 13.0 Å². The predicted molar refractivity (Wildman–Crippen MR) is 58.1 cm³/mol. The fraction of sp³-hybridized carbons (Fsp3) is 0.500. The molecule has 72 valence electrons. The molecule has 0 aliphatic carbocycles. The maximum Gasteiger partial charge on any atom is 0.0897 e. The van der Waals surface area contributed by atoms with Gasteiger partial charge in [0.25, 0.3) is 0 Å². The van der Waals surface area contributed by atoms with E-state index in [1.54, 1.807) is 11.3 Å². The Labute approximate surface area is 83.7 Å². The molecule has 0 aliphatic heterocycles. The second-order valence-corrected chi connectivity index (χ2v) is 4.22. The van der Waals surface area contributed by atoms with Gasteiger partial charge in [0, 0.05) is 11.1 Å². The zero-order valence-electron chi connectivity index (χ0n) is 8.21. The highest BCUT2D eigenvalue weighted by Crippen LogP contribution is 2.20.